The average Bonchev–Trinajstić information content (AvgIpc) is 3.14. The monoisotopic (exact) mass is 294 g/mol. The zero-order valence-electron chi connectivity index (χ0n) is 10.2. The molecule has 0 aliphatic heterocycles. The standard InChI is InChI=1S/C14H19BrN2/c1-9-6-14(17-8-13(9)15)16-7-12(10-2-3-10)11-4-5-11/h6,8,10-12H,2-5,7H2,1H3,(H,16,17). The number of hydrogen-bond acceptors (Lipinski definition) is 2. The molecule has 2 aliphatic carbocycles. The summed E-state index contributed by atoms with van der Waals surface area (Å²) in [4.78, 5) is 4.41. The highest BCUT2D eigenvalue weighted by Crippen LogP contribution is 2.49. The van der Waals surface area contributed by atoms with Gasteiger partial charge in [0.05, 0.1) is 0 Å². The Balaban J connectivity index is 1.60. The van der Waals surface area contributed by atoms with Gasteiger partial charge >= 0.3 is 0 Å². The van der Waals surface area contributed by atoms with Crippen molar-refractivity contribution >= 4 is 21.7 Å². The highest BCUT2D eigenvalue weighted by atomic mass is 79.9. The van der Waals surface area contributed by atoms with E-state index in [1.165, 1.54) is 31.2 Å². The minimum atomic E-state index is 0.903. The Morgan fingerprint density at radius 1 is 1.35 bits per heavy atom. The third-order valence-electron chi connectivity index (χ3n) is 4.02. The fourth-order valence-corrected chi connectivity index (χ4v) is 2.84. The highest BCUT2D eigenvalue weighted by Gasteiger charge is 2.40. The number of rotatable bonds is 5. The van der Waals surface area contributed by atoms with Gasteiger partial charge < -0.3 is 5.32 Å². The number of halogens is 1. The van der Waals surface area contributed by atoms with Crippen molar-refractivity contribution in [2.75, 3.05) is 11.9 Å². The van der Waals surface area contributed by atoms with Crippen LogP contribution in [0.15, 0.2) is 16.7 Å². The number of hydrogen-bond donors (Lipinski definition) is 1. The molecule has 1 heterocycles. The third kappa shape index (κ3) is 2.82. The van der Waals surface area contributed by atoms with Gasteiger partial charge in [0.25, 0.3) is 0 Å². The van der Waals surface area contributed by atoms with Crippen molar-refractivity contribution in [3.63, 3.8) is 0 Å². The topological polar surface area (TPSA) is 24.9 Å². The lowest BCUT2D eigenvalue weighted by molar-refractivity contribution is 0.427. The number of nitrogens with one attached hydrogen (secondary N) is 1. The molecule has 1 aromatic rings. The lowest BCUT2D eigenvalue weighted by Crippen LogP contribution is -2.18. The Hall–Kier alpha value is -0.570. The first kappa shape index (κ1) is 11.5. The molecule has 1 aromatic heterocycles. The number of aryl methyl sites for hydroxylation is 1. The van der Waals surface area contributed by atoms with Gasteiger partial charge in [0.1, 0.15) is 5.82 Å². The van der Waals surface area contributed by atoms with Gasteiger partial charge in [0.15, 0.2) is 0 Å². The second kappa shape index (κ2) is 4.60. The van der Waals surface area contributed by atoms with E-state index in [9.17, 15) is 0 Å². The molecule has 92 valence electrons. The van der Waals surface area contributed by atoms with Gasteiger partial charge in [0, 0.05) is 17.2 Å². The lowest BCUT2D eigenvalue weighted by atomic mass is 9.98. The summed E-state index contributed by atoms with van der Waals surface area (Å²) in [5.41, 5.74) is 1.25. The second-order valence-corrected chi connectivity index (χ2v) is 6.39. The first-order valence-electron chi connectivity index (χ1n) is 6.60. The molecular weight excluding hydrogens is 276 g/mol. The first-order valence-corrected chi connectivity index (χ1v) is 7.39. The second-order valence-electron chi connectivity index (χ2n) is 5.54. The van der Waals surface area contributed by atoms with Crippen LogP contribution in [0.3, 0.4) is 0 Å². The van der Waals surface area contributed by atoms with Crippen LogP contribution >= 0.6 is 15.9 Å². The van der Waals surface area contributed by atoms with Gasteiger partial charge in [-0.25, -0.2) is 4.98 Å². The van der Waals surface area contributed by atoms with Crippen molar-refractivity contribution in [2.45, 2.75) is 32.6 Å². The van der Waals surface area contributed by atoms with Crippen molar-refractivity contribution < 1.29 is 0 Å². The zero-order chi connectivity index (χ0) is 11.8. The molecule has 0 spiro atoms. The number of pyridine rings is 1. The molecular formula is C14H19BrN2. The van der Waals surface area contributed by atoms with Crippen LogP contribution in [0.1, 0.15) is 31.2 Å². The Morgan fingerprint density at radius 3 is 2.53 bits per heavy atom. The van der Waals surface area contributed by atoms with E-state index in [2.05, 4.69) is 39.2 Å². The summed E-state index contributed by atoms with van der Waals surface area (Å²) in [6.45, 7) is 3.22. The predicted octanol–water partition coefficient (Wildman–Crippen LogP) is 4.00. The molecule has 0 unspecified atom stereocenters. The molecule has 2 saturated carbocycles. The van der Waals surface area contributed by atoms with Gasteiger partial charge in [-0.2, -0.15) is 0 Å². The van der Waals surface area contributed by atoms with Crippen molar-refractivity contribution in [1.29, 1.82) is 0 Å². The van der Waals surface area contributed by atoms with Crippen LogP contribution in [0, 0.1) is 24.7 Å². The fraction of sp³-hybridized carbons (Fsp3) is 0.643. The Labute approximate surface area is 111 Å². The maximum atomic E-state index is 4.41. The number of aromatic nitrogens is 1. The van der Waals surface area contributed by atoms with E-state index >= 15 is 0 Å². The summed E-state index contributed by atoms with van der Waals surface area (Å²) in [6.07, 6.45) is 7.71. The van der Waals surface area contributed by atoms with E-state index in [1.54, 1.807) is 0 Å². The lowest BCUT2D eigenvalue weighted by Gasteiger charge is -2.16. The minimum absolute atomic E-state index is 0.903. The van der Waals surface area contributed by atoms with Gasteiger partial charge in [0.2, 0.25) is 0 Å². The molecule has 0 radical (unpaired) electrons. The van der Waals surface area contributed by atoms with Crippen molar-refractivity contribution in [1.82, 2.24) is 4.98 Å². The van der Waals surface area contributed by atoms with Crippen LogP contribution in [0.25, 0.3) is 0 Å². The third-order valence-corrected chi connectivity index (χ3v) is 4.85. The molecule has 2 nitrogen and oxygen atoms in total. The summed E-state index contributed by atoms with van der Waals surface area (Å²) in [5, 5.41) is 3.52. The Bertz CT molecular complexity index is 399. The minimum Gasteiger partial charge on any atom is -0.370 e. The predicted molar refractivity (Wildman–Crippen MR) is 74.1 cm³/mol. The highest BCUT2D eigenvalue weighted by molar-refractivity contribution is 9.10. The normalized spacial score (nSPS) is 19.7. The summed E-state index contributed by atoms with van der Waals surface area (Å²) in [5.74, 6) is 3.94. The van der Waals surface area contributed by atoms with Crippen molar-refractivity contribution in [3.8, 4) is 0 Å². The summed E-state index contributed by atoms with van der Waals surface area (Å²) < 4.78 is 1.09. The van der Waals surface area contributed by atoms with Gasteiger partial charge in [-0.15, -0.1) is 0 Å². The number of anilines is 1. The molecule has 2 aliphatic rings. The molecule has 0 atom stereocenters. The van der Waals surface area contributed by atoms with Crippen LogP contribution in [-0.2, 0) is 0 Å². The van der Waals surface area contributed by atoms with E-state index < -0.39 is 0 Å². The quantitative estimate of drug-likeness (QED) is 0.888. The first-order chi connectivity index (χ1) is 8.24. The summed E-state index contributed by atoms with van der Waals surface area (Å²) in [6, 6.07) is 2.13. The Morgan fingerprint density at radius 2 is 2.00 bits per heavy atom. The van der Waals surface area contributed by atoms with Crippen molar-refractivity contribution in [3.05, 3.63) is 22.3 Å². The molecule has 2 fully saturated rings. The maximum Gasteiger partial charge on any atom is 0.126 e. The molecule has 3 heteroatoms. The van der Waals surface area contributed by atoms with Crippen LogP contribution in [0.5, 0.6) is 0 Å². The van der Waals surface area contributed by atoms with Crippen LogP contribution in [-0.4, -0.2) is 11.5 Å². The van der Waals surface area contributed by atoms with E-state index in [0.29, 0.717) is 0 Å². The Kier molecular flexibility index (Phi) is 3.12. The van der Waals surface area contributed by atoms with Crippen LogP contribution < -0.4 is 5.32 Å². The summed E-state index contributed by atoms with van der Waals surface area (Å²) in [7, 11) is 0. The SMILES string of the molecule is Cc1cc(NCC(C2CC2)C2CC2)ncc1Br. The van der Waals surface area contributed by atoms with Gasteiger partial charge in [-0.1, -0.05) is 0 Å². The van der Waals surface area contributed by atoms with E-state index in [4.69, 9.17) is 0 Å². The number of nitrogens with zero attached hydrogens (tertiary/aromatic N) is 1. The molecule has 3 rings (SSSR count). The summed E-state index contributed by atoms with van der Waals surface area (Å²) >= 11 is 3.49. The van der Waals surface area contributed by atoms with E-state index in [-0.39, 0.29) is 0 Å². The van der Waals surface area contributed by atoms with Gasteiger partial charge in [-0.3, -0.25) is 0 Å². The molecule has 0 aromatic carbocycles. The molecule has 0 bridgehead atoms. The van der Waals surface area contributed by atoms with Gasteiger partial charge in [-0.05, 0) is 77.9 Å². The molecule has 1 N–H and O–H groups in total. The fourth-order valence-electron chi connectivity index (χ4n) is 2.63. The molecule has 0 saturated heterocycles. The van der Waals surface area contributed by atoms with Crippen LogP contribution in [0.2, 0.25) is 0 Å². The molecule has 0 amide bonds. The zero-order valence-corrected chi connectivity index (χ0v) is 11.8. The largest absolute Gasteiger partial charge is 0.370 e. The van der Waals surface area contributed by atoms with Crippen LogP contribution in [0.4, 0.5) is 5.82 Å². The van der Waals surface area contributed by atoms with E-state index in [0.717, 1.165) is 34.6 Å². The molecule has 17 heavy (non-hydrogen) atoms. The van der Waals surface area contributed by atoms with Crippen molar-refractivity contribution in [2.24, 2.45) is 17.8 Å². The maximum absolute atomic E-state index is 4.41. The van der Waals surface area contributed by atoms with E-state index in [1.807, 2.05) is 6.20 Å². The average molecular weight is 295 g/mol. The smallest absolute Gasteiger partial charge is 0.126 e.